The summed E-state index contributed by atoms with van der Waals surface area (Å²) in [5.41, 5.74) is 13.7. The van der Waals surface area contributed by atoms with Crippen LogP contribution in [0.15, 0.2) is 24.3 Å². The van der Waals surface area contributed by atoms with Gasteiger partial charge in [0.1, 0.15) is 0 Å². The zero-order valence-corrected chi connectivity index (χ0v) is 15.7. The monoisotopic (exact) mass is 432 g/mol. The second kappa shape index (κ2) is 8.40. The van der Waals surface area contributed by atoms with Crippen LogP contribution in [-0.2, 0) is 0 Å². The summed E-state index contributed by atoms with van der Waals surface area (Å²) in [5.74, 6) is -1.95. The van der Waals surface area contributed by atoms with Crippen molar-refractivity contribution in [3.63, 3.8) is 0 Å². The number of nitrogens with one attached hydrogen (secondary N) is 2. The van der Waals surface area contributed by atoms with E-state index >= 15 is 0 Å². The van der Waals surface area contributed by atoms with Gasteiger partial charge in [-0.25, -0.2) is 0 Å². The average Bonchev–Trinajstić information content (AvgIpc) is 2.74. The van der Waals surface area contributed by atoms with Crippen LogP contribution in [0.25, 0.3) is 0 Å². The number of carbonyl (C=O) groups is 2. The first-order valence-corrected chi connectivity index (χ1v) is 8.71. The number of hydrazine groups is 1. The number of anilines is 2. The minimum atomic E-state index is -0.903. The minimum absolute atomic E-state index is 0.0288. The lowest BCUT2D eigenvalue weighted by molar-refractivity contribution is -0.384. The molecule has 1 aliphatic rings. The number of hydrogen-bond donors (Lipinski definition) is 4. The number of nitrogens with two attached hydrogens (primary N) is 2. The van der Waals surface area contributed by atoms with Crippen molar-refractivity contribution in [3.8, 4) is 11.5 Å². The maximum absolute atomic E-state index is 11.6. The lowest BCUT2D eigenvalue weighted by atomic mass is 10.1. The molecule has 0 saturated heterocycles. The first-order valence-electron chi connectivity index (χ1n) is 8.71. The third-order valence-corrected chi connectivity index (χ3v) is 4.24. The number of nitrogens with zero attached hydrogens (tertiary/aromatic N) is 2. The average molecular weight is 432 g/mol. The van der Waals surface area contributed by atoms with Gasteiger partial charge in [0, 0.05) is 29.7 Å². The third kappa shape index (κ3) is 4.36. The van der Waals surface area contributed by atoms with Crippen molar-refractivity contribution in [2.45, 2.75) is 6.42 Å². The fraction of sp³-hybridized carbons (Fsp3) is 0.176. The normalized spacial score (nSPS) is 12.9. The first kappa shape index (κ1) is 21.1. The molecule has 2 amide bonds. The number of primary amides is 2. The standard InChI is InChI=1S/C17H16N6O8/c18-16(24)8-4-10(22(26)27)14-12(6-8)30-2-1-3-31-13-7-9(17(19)25)5-11(23(28)29)15(13)21-20-14/h4-7,20-21H,1-3H2,(H2,18,24)(H2,19,25). The van der Waals surface area contributed by atoms with E-state index in [1.54, 1.807) is 0 Å². The van der Waals surface area contributed by atoms with Crippen molar-refractivity contribution >= 4 is 34.6 Å². The molecule has 2 aromatic carbocycles. The molecule has 14 nitrogen and oxygen atoms in total. The Morgan fingerprint density at radius 3 is 1.52 bits per heavy atom. The van der Waals surface area contributed by atoms with Crippen LogP contribution in [0, 0.1) is 20.2 Å². The summed E-state index contributed by atoms with van der Waals surface area (Å²) in [7, 11) is 0. The Kier molecular flexibility index (Phi) is 5.72. The quantitative estimate of drug-likeness (QED) is 0.401. The van der Waals surface area contributed by atoms with Crippen molar-refractivity contribution in [3.05, 3.63) is 55.6 Å². The highest BCUT2D eigenvalue weighted by atomic mass is 16.6. The van der Waals surface area contributed by atoms with Gasteiger partial charge in [0.2, 0.25) is 11.8 Å². The molecule has 0 atom stereocenters. The van der Waals surface area contributed by atoms with Crippen LogP contribution in [0.1, 0.15) is 27.1 Å². The Morgan fingerprint density at radius 1 is 0.806 bits per heavy atom. The van der Waals surface area contributed by atoms with E-state index in [1.807, 2.05) is 0 Å². The molecule has 0 radical (unpaired) electrons. The summed E-state index contributed by atoms with van der Waals surface area (Å²) in [4.78, 5) is 44.6. The van der Waals surface area contributed by atoms with Crippen LogP contribution in [0.2, 0.25) is 0 Å². The molecule has 31 heavy (non-hydrogen) atoms. The molecule has 1 aliphatic heterocycles. The molecular weight excluding hydrogens is 416 g/mol. The maximum atomic E-state index is 11.6. The fourth-order valence-electron chi connectivity index (χ4n) is 2.80. The van der Waals surface area contributed by atoms with Gasteiger partial charge in [0.05, 0.1) is 23.1 Å². The lowest BCUT2D eigenvalue weighted by Gasteiger charge is -2.16. The number of rotatable bonds is 4. The van der Waals surface area contributed by atoms with Crippen LogP contribution >= 0.6 is 0 Å². The molecule has 0 bridgehead atoms. The van der Waals surface area contributed by atoms with E-state index in [1.165, 1.54) is 12.1 Å². The Bertz CT molecular complexity index is 1020. The lowest BCUT2D eigenvalue weighted by Crippen LogP contribution is -2.17. The summed E-state index contributed by atoms with van der Waals surface area (Å²) < 4.78 is 11.1. The van der Waals surface area contributed by atoms with Crippen molar-refractivity contribution < 1.29 is 28.9 Å². The van der Waals surface area contributed by atoms with Gasteiger partial charge < -0.3 is 20.9 Å². The van der Waals surface area contributed by atoms with E-state index in [0.29, 0.717) is 0 Å². The Labute approximate surface area is 173 Å². The van der Waals surface area contributed by atoms with Gasteiger partial charge in [-0.2, -0.15) is 0 Å². The van der Waals surface area contributed by atoms with Crippen LogP contribution in [0.5, 0.6) is 11.5 Å². The van der Waals surface area contributed by atoms with Gasteiger partial charge in [0.15, 0.2) is 22.9 Å². The highest BCUT2D eigenvalue weighted by Gasteiger charge is 2.27. The zero-order valence-electron chi connectivity index (χ0n) is 15.7. The van der Waals surface area contributed by atoms with Gasteiger partial charge in [-0.15, -0.1) is 0 Å². The zero-order chi connectivity index (χ0) is 22.7. The number of ether oxygens (including phenoxy) is 2. The highest BCUT2D eigenvalue weighted by molar-refractivity contribution is 5.97. The van der Waals surface area contributed by atoms with E-state index in [0.717, 1.165) is 12.1 Å². The molecule has 0 spiro atoms. The molecule has 0 aromatic heterocycles. The number of hydrogen-bond acceptors (Lipinski definition) is 10. The van der Waals surface area contributed by atoms with Crippen molar-refractivity contribution in [2.75, 3.05) is 24.1 Å². The Balaban J connectivity index is 2.16. The number of carbonyl (C=O) groups excluding carboxylic acids is 2. The summed E-state index contributed by atoms with van der Waals surface area (Å²) in [6.07, 6.45) is 0.266. The Morgan fingerprint density at radius 2 is 1.19 bits per heavy atom. The second-order valence-corrected chi connectivity index (χ2v) is 6.28. The molecule has 0 saturated carbocycles. The van der Waals surface area contributed by atoms with Gasteiger partial charge in [-0.3, -0.25) is 40.7 Å². The van der Waals surface area contributed by atoms with E-state index < -0.39 is 33.0 Å². The largest absolute Gasteiger partial charge is 0.491 e. The van der Waals surface area contributed by atoms with Crippen molar-refractivity contribution in [1.29, 1.82) is 0 Å². The minimum Gasteiger partial charge on any atom is -0.491 e. The number of fused-ring (bicyclic) bond motifs is 2. The van der Waals surface area contributed by atoms with Crippen molar-refractivity contribution in [1.82, 2.24) is 0 Å². The molecule has 162 valence electrons. The first-order chi connectivity index (χ1) is 14.7. The number of amides is 2. The summed E-state index contributed by atoms with van der Waals surface area (Å²) in [5, 5.41) is 23.1. The van der Waals surface area contributed by atoms with Gasteiger partial charge in [-0.05, 0) is 12.1 Å². The second-order valence-electron chi connectivity index (χ2n) is 6.28. The van der Waals surface area contributed by atoms with Crippen LogP contribution in [-0.4, -0.2) is 34.9 Å². The predicted molar refractivity (Wildman–Crippen MR) is 106 cm³/mol. The Hall–Kier alpha value is -4.62. The predicted octanol–water partition coefficient (Wildman–Crippen LogP) is 1.30. The van der Waals surface area contributed by atoms with Gasteiger partial charge in [-0.1, -0.05) is 0 Å². The molecule has 1 heterocycles. The van der Waals surface area contributed by atoms with Gasteiger partial charge >= 0.3 is 0 Å². The molecule has 6 N–H and O–H groups in total. The van der Waals surface area contributed by atoms with Crippen molar-refractivity contribution in [2.24, 2.45) is 11.5 Å². The van der Waals surface area contributed by atoms with E-state index in [4.69, 9.17) is 20.9 Å². The molecule has 2 aromatic rings. The smallest absolute Gasteiger partial charge is 0.298 e. The molecule has 14 heteroatoms. The number of nitro benzene ring substituents is 2. The number of nitro groups is 2. The third-order valence-electron chi connectivity index (χ3n) is 4.24. The topological polar surface area (TPSA) is 215 Å². The van der Waals surface area contributed by atoms with Crippen LogP contribution in [0.3, 0.4) is 0 Å². The van der Waals surface area contributed by atoms with Crippen LogP contribution in [0.4, 0.5) is 22.7 Å². The molecule has 0 aliphatic carbocycles. The van der Waals surface area contributed by atoms with E-state index in [9.17, 15) is 29.8 Å². The van der Waals surface area contributed by atoms with E-state index in [2.05, 4.69) is 10.9 Å². The van der Waals surface area contributed by atoms with Crippen LogP contribution < -0.4 is 31.8 Å². The summed E-state index contributed by atoms with van der Waals surface area (Å²) >= 11 is 0. The fourth-order valence-corrected chi connectivity index (χ4v) is 2.80. The highest BCUT2D eigenvalue weighted by Crippen LogP contribution is 2.40. The SMILES string of the molecule is NC(=O)c1cc2c(c([N+](=O)[O-])c1)NNc1c(cc(C(N)=O)cc1[N+](=O)[O-])OCCCO2. The maximum Gasteiger partial charge on any atom is 0.298 e. The van der Waals surface area contributed by atoms with Gasteiger partial charge in [0.25, 0.3) is 11.4 Å². The summed E-state index contributed by atoms with van der Waals surface area (Å²) in [6.45, 7) is 0.0575. The van der Waals surface area contributed by atoms with E-state index in [-0.39, 0.29) is 53.6 Å². The summed E-state index contributed by atoms with van der Waals surface area (Å²) in [6, 6.07) is 4.31. The molecule has 0 fully saturated rings. The molecule has 0 unspecified atom stereocenters. The number of benzene rings is 2. The molecule has 3 rings (SSSR count). The molecular formula is C17H16N6O8.